The number of hydrogen-bond donors (Lipinski definition) is 1. The Kier molecular flexibility index (Phi) is 4.34. The molecular weight excluding hydrogens is 254 g/mol. The summed E-state index contributed by atoms with van der Waals surface area (Å²) >= 11 is 0. The van der Waals surface area contributed by atoms with E-state index in [1.165, 1.54) is 4.68 Å². The maximum atomic E-state index is 12.1. The molecule has 2 aromatic rings. The van der Waals surface area contributed by atoms with Gasteiger partial charge in [-0.2, -0.15) is 5.10 Å². The molecule has 0 aliphatic rings. The van der Waals surface area contributed by atoms with Crippen molar-refractivity contribution in [2.75, 3.05) is 23.7 Å². The third-order valence-electron chi connectivity index (χ3n) is 3.16. The summed E-state index contributed by atoms with van der Waals surface area (Å²) in [6.07, 6.45) is 3.35. The van der Waals surface area contributed by atoms with Crippen molar-refractivity contribution in [2.24, 2.45) is 0 Å². The van der Waals surface area contributed by atoms with E-state index in [2.05, 4.69) is 28.8 Å². The van der Waals surface area contributed by atoms with Crippen molar-refractivity contribution >= 4 is 11.5 Å². The van der Waals surface area contributed by atoms with E-state index in [9.17, 15) is 4.79 Å². The van der Waals surface area contributed by atoms with E-state index in [0.717, 1.165) is 24.3 Å². The van der Waals surface area contributed by atoms with E-state index < -0.39 is 0 Å². The first kappa shape index (κ1) is 14.0. The van der Waals surface area contributed by atoms with Crippen LogP contribution in [0.15, 0.2) is 35.4 Å². The first-order chi connectivity index (χ1) is 9.63. The second kappa shape index (κ2) is 6.18. The molecule has 0 aliphatic heterocycles. The summed E-state index contributed by atoms with van der Waals surface area (Å²) in [6.45, 7) is 6.19. The molecule has 2 N–H and O–H groups in total. The maximum Gasteiger partial charge on any atom is 0.269 e. The van der Waals surface area contributed by atoms with Crippen molar-refractivity contribution in [3.8, 4) is 0 Å². The Hall–Kier alpha value is -2.37. The zero-order chi connectivity index (χ0) is 14.5. The molecule has 6 nitrogen and oxygen atoms in total. The molecule has 0 bridgehead atoms. The third kappa shape index (κ3) is 3.14. The molecule has 0 fully saturated rings. The molecule has 0 aliphatic carbocycles. The van der Waals surface area contributed by atoms with Crippen molar-refractivity contribution in [1.82, 2.24) is 14.8 Å². The Morgan fingerprint density at radius 2 is 2.05 bits per heavy atom. The van der Waals surface area contributed by atoms with Gasteiger partial charge in [0.1, 0.15) is 5.82 Å². The van der Waals surface area contributed by atoms with Gasteiger partial charge in [-0.3, -0.25) is 4.79 Å². The number of rotatable bonds is 5. The lowest BCUT2D eigenvalue weighted by Crippen LogP contribution is -2.28. The molecule has 0 radical (unpaired) electrons. The molecule has 2 heterocycles. The lowest BCUT2D eigenvalue weighted by molar-refractivity contribution is 0.636. The molecule has 2 aromatic heterocycles. The van der Waals surface area contributed by atoms with Gasteiger partial charge in [0.2, 0.25) is 0 Å². The third-order valence-corrected chi connectivity index (χ3v) is 3.16. The smallest absolute Gasteiger partial charge is 0.269 e. The highest BCUT2D eigenvalue weighted by molar-refractivity contribution is 5.42. The minimum atomic E-state index is -0.121. The van der Waals surface area contributed by atoms with E-state index >= 15 is 0 Å². The molecular formula is C14H19N5O. The van der Waals surface area contributed by atoms with Crippen molar-refractivity contribution in [3.05, 3.63) is 46.5 Å². The summed E-state index contributed by atoms with van der Waals surface area (Å²) in [5.41, 5.74) is 7.26. The maximum absolute atomic E-state index is 12.1. The molecule has 2 rings (SSSR count). The Morgan fingerprint density at radius 3 is 2.65 bits per heavy atom. The van der Waals surface area contributed by atoms with Crippen molar-refractivity contribution < 1.29 is 0 Å². The number of anilines is 2. The van der Waals surface area contributed by atoms with Crippen LogP contribution in [0.5, 0.6) is 0 Å². The second-order valence-electron chi connectivity index (χ2n) is 4.47. The monoisotopic (exact) mass is 273 g/mol. The van der Waals surface area contributed by atoms with Crippen LogP contribution < -0.4 is 16.2 Å². The van der Waals surface area contributed by atoms with Crippen LogP contribution in [0.1, 0.15) is 19.4 Å². The van der Waals surface area contributed by atoms with Crippen molar-refractivity contribution in [3.63, 3.8) is 0 Å². The summed E-state index contributed by atoms with van der Waals surface area (Å²) in [5, 5.41) is 4.22. The standard InChI is InChI=1S/C14H19N5O/c1-3-18(4-2)12-8-14(20)19(17-9-12)10-11-5-6-16-13(15)7-11/h5-9H,3-4,10H2,1-2H3,(H2,15,16). The lowest BCUT2D eigenvalue weighted by atomic mass is 10.2. The minimum Gasteiger partial charge on any atom is -0.384 e. The quantitative estimate of drug-likeness (QED) is 0.883. The van der Waals surface area contributed by atoms with E-state index in [4.69, 9.17) is 5.73 Å². The molecule has 0 amide bonds. The van der Waals surface area contributed by atoms with Crippen molar-refractivity contribution in [2.45, 2.75) is 20.4 Å². The van der Waals surface area contributed by atoms with Gasteiger partial charge < -0.3 is 10.6 Å². The fourth-order valence-corrected chi connectivity index (χ4v) is 2.07. The second-order valence-corrected chi connectivity index (χ2v) is 4.47. The molecule has 0 saturated carbocycles. The van der Waals surface area contributed by atoms with Crippen LogP contribution in [0.2, 0.25) is 0 Å². The average Bonchev–Trinajstić information content (AvgIpc) is 2.43. The molecule has 0 aromatic carbocycles. The van der Waals surface area contributed by atoms with E-state index in [-0.39, 0.29) is 5.56 Å². The van der Waals surface area contributed by atoms with Crippen LogP contribution in [-0.4, -0.2) is 27.9 Å². The van der Waals surface area contributed by atoms with Gasteiger partial charge in [-0.25, -0.2) is 9.67 Å². The Bertz CT molecular complexity index is 633. The zero-order valence-corrected chi connectivity index (χ0v) is 11.8. The summed E-state index contributed by atoms with van der Waals surface area (Å²) in [4.78, 5) is 18.1. The van der Waals surface area contributed by atoms with Crippen LogP contribution in [0, 0.1) is 0 Å². The van der Waals surface area contributed by atoms with Crippen LogP contribution in [-0.2, 0) is 6.54 Å². The Morgan fingerprint density at radius 1 is 1.30 bits per heavy atom. The van der Waals surface area contributed by atoms with E-state index in [0.29, 0.717) is 12.4 Å². The number of aromatic nitrogens is 3. The highest BCUT2D eigenvalue weighted by atomic mass is 16.1. The van der Waals surface area contributed by atoms with E-state index in [1.807, 2.05) is 6.07 Å². The van der Waals surface area contributed by atoms with Crippen LogP contribution >= 0.6 is 0 Å². The fourth-order valence-electron chi connectivity index (χ4n) is 2.07. The predicted octanol–water partition coefficient (Wildman–Crippen LogP) is 1.11. The molecule has 0 atom stereocenters. The number of nitrogens with zero attached hydrogens (tertiary/aromatic N) is 4. The summed E-state index contributed by atoms with van der Waals surface area (Å²) in [6, 6.07) is 5.18. The number of hydrogen-bond acceptors (Lipinski definition) is 5. The van der Waals surface area contributed by atoms with Gasteiger partial charge in [0.05, 0.1) is 18.4 Å². The minimum absolute atomic E-state index is 0.121. The molecule has 0 spiro atoms. The summed E-state index contributed by atoms with van der Waals surface area (Å²) in [5.74, 6) is 0.440. The zero-order valence-electron chi connectivity index (χ0n) is 11.8. The average molecular weight is 273 g/mol. The van der Waals surface area contributed by atoms with Gasteiger partial charge >= 0.3 is 0 Å². The van der Waals surface area contributed by atoms with Crippen LogP contribution in [0.25, 0.3) is 0 Å². The highest BCUT2D eigenvalue weighted by Gasteiger charge is 2.06. The molecule has 0 unspecified atom stereocenters. The molecule has 106 valence electrons. The number of nitrogen functional groups attached to an aromatic ring is 1. The predicted molar refractivity (Wildman–Crippen MR) is 79.8 cm³/mol. The number of nitrogens with two attached hydrogens (primary N) is 1. The van der Waals surface area contributed by atoms with Gasteiger partial charge in [0, 0.05) is 25.4 Å². The summed E-state index contributed by atoms with van der Waals surface area (Å²) in [7, 11) is 0. The topological polar surface area (TPSA) is 77.0 Å². The normalized spacial score (nSPS) is 10.5. The van der Waals surface area contributed by atoms with Gasteiger partial charge in [-0.15, -0.1) is 0 Å². The first-order valence-electron chi connectivity index (χ1n) is 6.66. The van der Waals surface area contributed by atoms with Gasteiger partial charge in [-0.1, -0.05) is 0 Å². The highest BCUT2D eigenvalue weighted by Crippen LogP contribution is 2.09. The summed E-state index contributed by atoms with van der Waals surface area (Å²) < 4.78 is 1.42. The van der Waals surface area contributed by atoms with Gasteiger partial charge in [-0.05, 0) is 31.5 Å². The molecule has 6 heteroatoms. The number of pyridine rings is 1. The van der Waals surface area contributed by atoms with E-state index in [1.54, 1.807) is 24.5 Å². The van der Waals surface area contributed by atoms with Gasteiger partial charge in [0.25, 0.3) is 5.56 Å². The largest absolute Gasteiger partial charge is 0.384 e. The Labute approximate surface area is 117 Å². The van der Waals surface area contributed by atoms with Crippen LogP contribution in [0.3, 0.4) is 0 Å². The molecule has 0 saturated heterocycles. The SMILES string of the molecule is CCN(CC)c1cnn(Cc2ccnc(N)c2)c(=O)c1. The van der Waals surface area contributed by atoms with Crippen LogP contribution in [0.4, 0.5) is 11.5 Å². The fraction of sp³-hybridized carbons (Fsp3) is 0.357. The first-order valence-corrected chi connectivity index (χ1v) is 6.66. The van der Waals surface area contributed by atoms with Gasteiger partial charge in [0.15, 0.2) is 0 Å². The van der Waals surface area contributed by atoms with Crippen molar-refractivity contribution in [1.29, 1.82) is 0 Å². The molecule has 20 heavy (non-hydrogen) atoms. The Balaban J connectivity index is 2.24. The lowest BCUT2D eigenvalue weighted by Gasteiger charge is -2.20.